The molecule has 17 heavy (non-hydrogen) atoms. The second-order valence-electron chi connectivity index (χ2n) is 3.88. The number of hydrogen-bond acceptors (Lipinski definition) is 3. The van der Waals surface area contributed by atoms with Gasteiger partial charge in [0, 0.05) is 19.0 Å². The molecule has 0 radical (unpaired) electrons. The van der Waals surface area contributed by atoms with Gasteiger partial charge in [0.1, 0.15) is 5.75 Å². The summed E-state index contributed by atoms with van der Waals surface area (Å²) in [5.41, 5.74) is 0.348. The van der Waals surface area contributed by atoms with Crippen molar-refractivity contribution in [2.24, 2.45) is 5.92 Å². The van der Waals surface area contributed by atoms with Gasteiger partial charge in [0.25, 0.3) is 0 Å². The normalized spacial score (nSPS) is 19.7. The number of hydrogen-bond donors (Lipinski definition) is 2. The largest absolute Gasteiger partial charge is 0.508 e. The van der Waals surface area contributed by atoms with E-state index >= 15 is 0 Å². The molecule has 1 fully saturated rings. The Balaban J connectivity index is 2.32. The highest BCUT2D eigenvalue weighted by Crippen LogP contribution is 2.33. The van der Waals surface area contributed by atoms with Gasteiger partial charge in [0.05, 0.1) is 16.6 Å². The predicted octanol–water partition coefficient (Wildman–Crippen LogP) is 1.48. The first kappa shape index (κ1) is 11.7. The Morgan fingerprint density at radius 3 is 2.76 bits per heavy atom. The Morgan fingerprint density at radius 1 is 1.47 bits per heavy atom. The molecule has 2 N–H and O–H groups in total. The third-order valence-corrected chi connectivity index (χ3v) is 3.01. The maximum atomic E-state index is 11.7. The molecule has 90 valence electrons. The first-order valence-electron chi connectivity index (χ1n) is 5.00. The highest BCUT2D eigenvalue weighted by Gasteiger charge is 2.35. The number of nitrogens with zero attached hydrogens (tertiary/aromatic N) is 1. The number of phenols is 1. The fraction of sp³-hybridized carbons (Fsp3) is 0.273. The molecule has 1 heterocycles. The lowest BCUT2D eigenvalue weighted by Gasteiger charge is -2.17. The smallest absolute Gasteiger partial charge is 0.308 e. The third-order valence-electron chi connectivity index (χ3n) is 2.69. The van der Waals surface area contributed by atoms with E-state index in [2.05, 4.69) is 0 Å². The van der Waals surface area contributed by atoms with Gasteiger partial charge in [-0.3, -0.25) is 9.59 Å². The topological polar surface area (TPSA) is 77.8 Å². The van der Waals surface area contributed by atoms with Gasteiger partial charge in [-0.05, 0) is 12.1 Å². The lowest BCUT2D eigenvalue weighted by atomic mass is 10.1. The van der Waals surface area contributed by atoms with Crippen LogP contribution in [0, 0.1) is 5.92 Å². The molecule has 1 saturated heterocycles. The van der Waals surface area contributed by atoms with E-state index in [4.69, 9.17) is 16.7 Å². The van der Waals surface area contributed by atoms with Crippen LogP contribution >= 0.6 is 11.6 Å². The van der Waals surface area contributed by atoms with Crippen molar-refractivity contribution in [3.05, 3.63) is 23.2 Å². The number of carbonyl (C=O) groups is 2. The van der Waals surface area contributed by atoms with Crippen LogP contribution in [0.25, 0.3) is 0 Å². The van der Waals surface area contributed by atoms with Gasteiger partial charge in [0.15, 0.2) is 0 Å². The molecule has 6 heteroatoms. The molecule has 1 aromatic rings. The highest BCUT2D eigenvalue weighted by atomic mass is 35.5. The summed E-state index contributed by atoms with van der Waals surface area (Å²) in [7, 11) is 0. The van der Waals surface area contributed by atoms with E-state index in [0.717, 1.165) is 0 Å². The number of phenolic OH excluding ortho intramolecular Hbond substituents is 1. The third kappa shape index (κ3) is 2.19. The van der Waals surface area contributed by atoms with Gasteiger partial charge in [-0.15, -0.1) is 0 Å². The lowest BCUT2D eigenvalue weighted by molar-refractivity contribution is -0.141. The minimum Gasteiger partial charge on any atom is -0.508 e. The molecule has 1 aromatic carbocycles. The SMILES string of the molecule is O=C(O)C1CC(=O)N(c2cc(O)ccc2Cl)C1. The van der Waals surface area contributed by atoms with E-state index in [1.54, 1.807) is 0 Å². The molecule has 0 aromatic heterocycles. The van der Waals surface area contributed by atoms with Crippen LogP contribution < -0.4 is 4.90 Å². The molecule has 0 aliphatic carbocycles. The van der Waals surface area contributed by atoms with E-state index in [0.29, 0.717) is 10.7 Å². The van der Waals surface area contributed by atoms with Crippen LogP contribution in [0.1, 0.15) is 6.42 Å². The number of carboxylic acid groups (broad SMARTS) is 1. The van der Waals surface area contributed by atoms with Gasteiger partial charge in [-0.25, -0.2) is 0 Å². The Kier molecular flexibility index (Phi) is 2.93. The molecule has 1 aliphatic rings. The summed E-state index contributed by atoms with van der Waals surface area (Å²) in [5, 5.41) is 18.5. The number of aliphatic carboxylic acids is 1. The number of carbonyl (C=O) groups excluding carboxylic acids is 1. The van der Waals surface area contributed by atoms with Gasteiger partial charge < -0.3 is 15.1 Å². The van der Waals surface area contributed by atoms with Crippen molar-refractivity contribution in [2.75, 3.05) is 11.4 Å². The number of benzene rings is 1. The van der Waals surface area contributed by atoms with Gasteiger partial charge in [-0.1, -0.05) is 11.6 Å². The van der Waals surface area contributed by atoms with Gasteiger partial charge in [-0.2, -0.15) is 0 Å². The summed E-state index contributed by atoms with van der Waals surface area (Å²) in [6.45, 7) is 0.0807. The van der Waals surface area contributed by atoms with E-state index in [9.17, 15) is 14.7 Å². The van der Waals surface area contributed by atoms with Crippen molar-refractivity contribution in [3.63, 3.8) is 0 Å². The molecule has 1 unspecified atom stereocenters. The van der Waals surface area contributed by atoms with Crippen LogP contribution in [0.2, 0.25) is 5.02 Å². The van der Waals surface area contributed by atoms with Crippen molar-refractivity contribution in [1.29, 1.82) is 0 Å². The summed E-state index contributed by atoms with van der Waals surface area (Å²) in [6.07, 6.45) is -0.0404. The van der Waals surface area contributed by atoms with Crippen LogP contribution in [0.3, 0.4) is 0 Å². The number of carboxylic acids is 1. The number of rotatable bonds is 2. The first-order chi connectivity index (χ1) is 7.99. The maximum absolute atomic E-state index is 11.7. The number of aromatic hydroxyl groups is 1. The summed E-state index contributed by atoms with van der Waals surface area (Å²) in [4.78, 5) is 23.8. The quantitative estimate of drug-likeness (QED) is 0.839. The average molecular weight is 256 g/mol. The average Bonchev–Trinajstić information content (AvgIpc) is 2.64. The molecule has 1 amide bonds. The molecule has 1 aliphatic heterocycles. The predicted molar refractivity (Wildman–Crippen MR) is 61.2 cm³/mol. The Morgan fingerprint density at radius 2 is 2.18 bits per heavy atom. The number of anilines is 1. The van der Waals surface area contributed by atoms with Crippen molar-refractivity contribution in [3.8, 4) is 5.75 Å². The van der Waals surface area contributed by atoms with Crippen LogP contribution in [0.5, 0.6) is 5.75 Å². The maximum Gasteiger partial charge on any atom is 0.308 e. The number of amides is 1. The van der Waals surface area contributed by atoms with E-state index in [-0.39, 0.29) is 24.6 Å². The fourth-order valence-electron chi connectivity index (χ4n) is 1.81. The summed E-state index contributed by atoms with van der Waals surface area (Å²) >= 11 is 5.92. The van der Waals surface area contributed by atoms with Crippen LogP contribution in [0.4, 0.5) is 5.69 Å². The van der Waals surface area contributed by atoms with Crippen LogP contribution in [-0.2, 0) is 9.59 Å². The van der Waals surface area contributed by atoms with Crippen molar-refractivity contribution < 1.29 is 19.8 Å². The molecular formula is C11H10ClNO4. The van der Waals surface area contributed by atoms with Crippen molar-refractivity contribution in [1.82, 2.24) is 0 Å². The Bertz CT molecular complexity index is 488. The van der Waals surface area contributed by atoms with E-state index < -0.39 is 11.9 Å². The zero-order valence-corrected chi connectivity index (χ0v) is 9.52. The van der Waals surface area contributed by atoms with Crippen LogP contribution in [-0.4, -0.2) is 28.6 Å². The first-order valence-corrected chi connectivity index (χ1v) is 5.38. The lowest BCUT2D eigenvalue weighted by Crippen LogP contribution is -2.26. The second kappa shape index (κ2) is 4.25. The van der Waals surface area contributed by atoms with Gasteiger partial charge >= 0.3 is 5.97 Å². The molecule has 1 atom stereocenters. The summed E-state index contributed by atoms with van der Waals surface area (Å²) in [5.74, 6) is -2.04. The van der Waals surface area contributed by atoms with Crippen molar-refractivity contribution >= 4 is 29.2 Å². The molecule has 2 rings (SSSR count). The second-order valence-corrected chi connectivity index (χ2v) is 4.29. The van der Waals surface area contributed by atoms with Gasteiger partial charge in [0.2, 0.25) is 5.91 Å². The van der Waals surface area contributed by atoms with E-state index in [1.807, 2.05) is 0 Å². The van der Waals surface area contributed by atoms with Crippen molar-refractivity contribution in [2.45, 2.75) is 6.42 Å². The number of halogens is 1. The molecule has 0 bridgehead atoms. The molecule has 0 saturated carbocycles. The minimum absolute atomic E-state index is 0.0176. The molecule has 5 nitrogen and oxygen atoms in total. The zero-order valence-electron chi connectivity index (χ0n) is 8.76. The summed E-state index contributed by atoms with van der Waals surface area (Å²) < 4.78 is 0. The van der Waals surface area contributed by atoms with E-state index in [1.165, 1.54) is 23.1 Å². The van der Waals surface area contributed by atoms with Crippen LogP contribution in [0.15, 0.2) is 18.2 Å². The highest BCUT2D eigenvalue weighted by molar-refractivity contribution is 6.34. The molecular weight excluding hydrogens is 246 g/mol. The Labute approximate surface area is 102 Å². The zero-order chi connectivity index (χ0) is 12.6. The molecule has 0 spiro atoms. The standard InChI is InChI=1S/C11H10ClNO4/c12-8-2-1-7(14)4-9(8)13-5-6(11(16)17)3-10(13)15/h1-2,4,6,14H,3,5H2,(H,16,17). The monoisotopic (exact) mass is 255 g/mol. The minimum atomic E-state index is -1.00. The summed E-state index contributed by atoms with van der Waals surface area (Å²) in [6, 6.07) is 4.22. The fourth-order valence-corrected chi connectivity index (χ4v) is 2.03. The Hall–Kier alpha value is -1.75.